The Bertz CT molecular complexity index is 861. The number of nitrogens with zero attached hydrogens (tertiary/aromatic N) is 2. The van der Waals surface area contributed by atoms with Gasteiger partial charge in [-0.25, -0.2) is 4.39 Å². The molecule has 1 aliphatic rings. The normalized spacial score (nSPS) is 13.6. The first-order chi connectivity index (χ1) is 14.1. The van der Waals surface area contributed by atoms with Crippen LogP contribution in [0.2, 0.25) is 0 Å². The number of aliphatic imine (C=N–C) groups is 1. The zero-order valence-corrected chi connectivity index (χ0v) is 16.5. The molecule has 0 saturated carbocycles. The van der Waals surface area contributed by atoms with Crippen LogP contribution in [0.1, 0.15) is 39.1 Å². The maximum absolute atomic E-state index is 12.9. The highest BCUT2D eigenvalue weighted by molar-refractivity contribution is 6.21. The van der Waals surface area contributed by atoms with E-state index in [4.69, 9.17) is 0 Å². The average Bonchev–Trinajstić information content (AvgIpc) is 2.98. The van der Waals surface area contributed by atoms with Crippen LogP contribution in [0.5, 0.6) is 0 Å². The van der Waals surface area contributed by atoms with Crippen molar-refractivity contribution in [1.29, 1.82) is 0 Å². The first-order valence-corrected chi connectivity index (χ1v) is 9.74. The van der Waals surface area contributed by atoms with Gasteiger partial charge in [-0.2, -0.15) is 0 Å². The number of carbonyl (C=O) groups is 2. The van der Waals surface area contributed by atoms with E-state index in [0.29, 0.717) is 43.1 Å². The third-order valence-corrected chi connectivity index (χ3v) is 4.82. The van der Waals surface area contributed by atoms with Crippen molar-refractivity contribution in [3.63, 3.8) is 0 Å². The molecule has 0 atom stereocenters. The first kappa shape index (κ1) is 20.5. The van der Waals surface area contributed by atoms with Crippen molar-refractivity contribution >= 4 is 17.8 Å². The Kier molecular flexibility index (Phi) is 6.94. The van der Waals surface area contributed by atoms with Crippen LogP contribution in [0.25, 0.3) is 0 Å². The van der Waals surface area contributed by atoms with E-state index in [1.54, 1.807) is 43.4 Å². The molecule has 0 unspecified atom stereocenters. The number of hydrogen-bond acceptors (Lipinski definition) is 3. The minimum Gasteiger partial charge on any atom is -0.356 e. The Labute approximate surface area is 169 Å². The smallest absolute Gasteiger partial charge is 0.261 e. The number of guanidine groups is 1. The van der Waals surface area contributed by atoms with E-state index in [1.165, 1.54) is 17.0 Å². The van der Waals surface area contributed by atoms with Gasteiger partial charge >= 0.3 is 0 Å². The average molecular weight is 396 g/mol. The van der Waals surface area contributed by atoms with Crippen molar-refractivity contribution in [1.82, 2.24) is 15.5 Å². The van der Waals surface area contributed by atoms with Gasteiger partial charge in [-0.3, -0.25) is 19.5 Å². The lowest BCUT2D eigenvalue weighted by Crippen LogP contribution is -2.39. The molecule has 1 heterocycles. The number of hydrogen-bond donors (Lipinski definition) is 2. The molecule has 0 fully saturated rings. The van der Waals surface area contributed by atoms with Crippen molar-refractivity contribution < 1.29 is 14.0 Å². The summed E-state index contributed by atoms with van der Waals surface area (Å²) in [5.74, 6) is 0.0295. The first-order valence-electron chi connectivity index (χ1n) is 9.74. The second-order valence-corrected chi connectivity index (χ2v) is 6.82. The number of halogens is 1. The number of carbonyl (C=O) groups excluding carboxylic acids is 2. The minimum absolute atomic E-state index is 0.211. The summed E-state index contributed by atoms with van der Waals surface area (Å²) in [5, 5.41) is 6.44. The Morgan fingerprint density at radius 3 is 2.17 bits per heavy atom. The lowest BCUT2D eigenvalue weighted by atomic mass is 10.1. The SMILES string of the molecule is CN=C(NCCCCN1C(=O)c2ccccc2C1=O)NCCc1ccc(F)cc1. The summed E-state index contributed by atoms with van der Waals surface area (Å²) in [6, 6.07) is 13.4. The highest BCUT2D eigenvalue weighted by Gasteiger charge is 2.34. The summed E-state index contributed by atoms with van der Waals surface area (Å²) in [5.41, 5.74) is 2.03. The van der Waals surface area contributed by atoms with Crippen molar-refractivity contribution in [2.75, 3.05) is 26.7 Å². The fourth-order valence-electron chi connectivity index (χ4n) is 3.24. The number of rotatable bonds is 8. The lowest BCUT2D eigenvalue weighted by molar-refractivity contribution is 0.0652. The molecule has 0 aromatic heterocycles. The molecule has 152 valence electrons. The third-order valence-electron chi connectivity index (χ3n) is 4.82. The summed E-state index contributed by atoms with van der Waals surface area (Å²) in [7, 11) is 1.70. The molecule has 2 aromatic carbocycles. The molecule has 1 aliphatic heterocycles. The van der Waals surface area contributed by atoms with Gasteiger partial charge in [0.25, 0.3) is 11.8 Å². The second-order valence-electron chi connectivity index (χ2n) is 6.82. The van der Waals surface area contributed by atoms with Crippen LogP contribution < -0.4 is 10.6 Å². The topological polar surface area (TPSA) is 73.8 Å². The Morgan fingerprint density at radius 2 is 1.55 bits per heavy atom. The van der Waals surface area contributed by atoms with E-state index in [2.05, 4.69) is 15.6 Å². The zero-order valence-electron chi connectivity index (χ0n) is 16.5. The maximum atomic E-state index is 12.9. The molecule has 0 saturated heterocycles. The number of imide groups is 1. The van der Waals surface area contributed by atoms with Gasteiger partial charge in [-0.1, -0.05) is 24.3 Å². The van der Waals surface area contributed by atoms with E-state index < -0.39 is 0 Å². The van der Waals surface area contributed by atoms with Gasteiger partial charge in [0, 0.05) is 26.7 Å². The summed E-state index contributed by atoms with van der Waals surface area (Å²) >= 11 is 0. The largest absolute Gasteiger partial charge is 0.356 e. The predicted molar refractivity (Wildman–Crippen MR) is 111 cm³/mol. The summed E-state index contributed by atoms with van der Waals surface area (Å²) in [6.07, 6.45) is 2.28. The summed E-state index contributed by atoms with van der Waals surface area (Å²) in [4.78, 5) is 30.1. The lowest BCUT2D eigenvalue weighted by Gasteiger charge is -2.15. The molecule has 0 bridgehead atoms. The van der Waals surface area contributed by atoms with Crippen LogP contribution >= 0.6 is 0 Å². The van der Waals surface area contributed by atoms with Gasteiger partial charge in [0.15, 0.2) is 5.96 Å². The molecule has 0 radical (unpaired) electrons. The van der Waals surface area contributed by atoms with E-state index in [-0.39, 0.29) is 17.6 Å². The zero-order chi connectivity index (χ0) is 20.6. The standard InChI is InChI=1S/C22H25FN4O2/c1-24-22(26-14-12-16-8-10-17(23)11-9-16)25-13-4-5-15-27-20(28)18-6-2-3-7-19(18)21(27)29/h2-3,6-11H,4-5,12-15H2,1H3,(H2,24,25,26). The summed E-state index contributed by atoms with van der Waals surface area (Å²) in [6.45, 7) is 1.77. The molecular formula is C22H25FN4O2. The Balaban J connectivity index is 1.34. The second kappa shape index (κ2) is 9.82. The van der Waals surface area contributed by atoms with E-state index in [0.717, 1.165) is 18.4 Å². The fraction of sp³-hybridized carbons (Fsp3) is 0.318. The number of fused-ring (bicyclic) bond motifs is 1. The van der Waals surface area contributed by atoms with Crippen LogP contribution in [-0.4, -0.2) is 49.4 Å². The van der Waals surface area contributed by atoms with Gasteiger partial charge in [-0.15, -0.1) is 0 Å². The number of nitrogens with one attached hydrogen (secondary N) is 2. The van der Waals surface area contributed by atoms with Crippen molar-refractivity contribution in [2.24, 2.45) is 4.99 Å². The molecule has 3 rings (SSSR count). The minimum atomic E-state index is -0.236. The number of benzene rings is 2. The van der Waals surface area contributed by atoms with Crippen molar-refractivity contribution in [2.45, 2.75) is 19.3 Å². The molecule has 2 amide bonds. The number of unbranched alkanes of at least 4 members (excludes halogenated alkanes) is 1. The van der Waals surface area contributed by atoms with Gasteiger partial charge in [0.05, 0.1) is 11.1 Å². The molecule has 2 N–H and O–H groups in total. The van der Waals surface area contributed by atoms with Crippen LogP contribution in [0.4, 0.5) is 4.39 Å². The van der Waals surface area contributed by atoms with Gasteiger partial charge in [-0.05, 0) is 49.1 Å². The monoisotopic (exact) mass is 396 g/mol. The molecule has 6 nitrogen and oxygen atoms in total. The van der Waals surface area contributed by atoms with E-state index >= 15 is 0 Å². The molecule has 0 aliphatic carbocycles. The fourth-order valence-corrected chi connectivity index (χ4v) is 3.24. The Hall–Kier alpha value is -3.22. The van der Waals surface area contributed by atoms with E-state index in [9.17, 15) is 14.0 Å². The van der Waals surface area contributed by atoms with Crippen LogP contribution in [-0.2, 0) is 6.42 Å². The highest BCUT2D eigenvalue weighted by atomic mass is 19.1. The predicted octanol–water partition coefficient (Wildman–Crippen LogP) is 2.61. The van der Waals surface area contributed by atoms with Gasteiger partial charge < -0.3 is 10.6 Å². The van der Waals surface area contributed by atoms with Crippen molar-refractivity contribution in [3.8, 4) is 0 Å². The molecule has 29 heavy (non-hydrogen) atoms. The molecule has 0 spiro atoms. The Morgan fingerprint density at radius 1 is 0.931 bits per heavy atom. The maximum Gasteiger partial charge on any atom is 0.261 e. The molecular weight excluding hydrogens is 371 g/mol. The molecule has 2 aromatic rings. The molecule has 7 heteroatoms. The van der Waals surface area contributed by atoms with Crippen LogP contribution in [0.15, 0.2) is 53.5 Å². The van der Waals surface area contributed by atoms with Crippen LogP contribution in [0.3, 0.4) is 0 Å². The van der Waals surface area contributed by atoms with Crippen LogP contribution in [0, 0.1) is 5.82 Å². The van der Waals surface area contributed by atoms with Gasteiger partial charge in [0.1, 0.15) is 5.82 Å². The third kappa shape index (κ3) is 5.19. The highest BCUT2D eigenvalue weighted by Crippen LogP contribution is 2.22. The number of amides is 2. The van der Waals surface area contributed by atoms with E-state index in [1.807, 2.05) is 0 Å². The quantitative estimate of drug-likeness (QED) is 0.311. The summed E-state index contributed by atoms with van der Waals surface area (Å²) < 4.78 is 12.9. The van der Waals surface area contributed by atoms with Crippen molar-refractivity contribution in [3.05, 3.63) is 71.0 Å². The van der Waals surface area contributed by atoms with Gasteiger partial charge in [0.2, 0.25) is 0 Å².